The molecule has 4 aromatic rings. The number of rotatable bonds is 7. The highest BCUT2D eigenvalue weighted by Gasteiger charge is 2.36. The van der Waals surface area contributed by atoms with E-state index in [1.54, 1.807) is 22.6 Å². The molecule has 0 radical (unpaired) electrons. The fourth-order valence-corrected chi connectivity index (χ4v) is 5.73. The van der Waals surface area contributed by atoms with Crippen molar-refractivity contribution in [3.05, 3.63) is 77.1 Å². The maximum atomic E-state index is 13.4. The average Bonchev–Trinajstić information content (AvgIpc) is 3.35. The van der Waals surface area contributed by atoms with Crippen LogP contribution in [0.1, 0.15) is 48.2 Å². The topological polar surface area (TPSA) is 76.5 Å². The summed E-state index contributed by atoms with van der Waals surface area (Å²) < 4.78 is 7.86. The summed E-state index contributed by atoms with van der Waals surface area (Å²) >= 11 is 3.08. The number of aryl methyl sites for hydroxylation is 1. The van der Waals surface area contributed by atoms with Crippen molar-refractivity contribution in [2.45, 2.75) is 43.4 Å². The van der Waals surface area contributed by atoms with E-state index in [2.05, 4.69) is 52.0 Å². The molecule has 3 aromatic heterocycles. The van der Waals surface area contributed by atoms with Crippen LogP contribution in [-0.4, -0.2) is 37.1 Å². The molecule has 34 heavy (non-hydrogen) atoms. The molecule has 4 heterocycles. The van der Waals surface area contributed by atoms with E-state index in [9.17, 15) is 4.79 Å². The van der Waals surface area contributed by atoms with Crippen LogP contribution in [0.25, 0.3) is 10.7 Å². The second-order valence-electron chi connectivity index (χ2n) is 8.56. The van der Waals surface area contributed by atoms with E-state index in [4.69, 9.17) is 9.52 Å². The van der Waals surface area contributed by atoms with Gasteiger partial charge in [0.15, 0.2) is 11.0 Å². The van der Waals surface area contributed by atoms with Crippen molar-refractivity contribution in [2.75, 3.05) is 5.75 Å². The van der Waals surface area contributed by atoms with Crippen LogP contribution in [0.5, 0.6) is 0 Å². The maximum absolute atomic E-state index is 13.4. The van der Waals surface area contributed by atoms with Crippen LogP contribution in [0.15, 0.2) is 74.8 Å². The van der Waals surface area contributed by atoms with Gasteiger partial charge >= 0.3 is 0 Å². The summed E-state index contributed by atoms with van der Waals surface area (Å²) in [6.07, 6.45) is 4.50. The number of hydrogen-bond donors (Lipinski definition) is 0. The van der Waals surface area contributed by atoms with Gasteiger partial charge in [0.1, 0.15) is 11.8 Å². The molecule has 0 N–H and O–H groups in total. The zero-order chi connectivity index (χ0) is 23.1. The number of thiophene rings is 1. The van der Waals surface area contributed by atoms with Crippen molar-refractivity contribution in [1.82, 2.24) is 19.8 Å². The summed E-state index contributed by atoms with van der Waals surface area (Å²) in [7, 11) is 0. The lowest BCUT2D eigenvalue weighted by Crippen LogP contribution is -2.28. The first-order chi connectivity index (χ1) is 16.7. The molecule has 0 saturated heterocycles. The van der Waals surface area contributed by atoms with Crippen LogP contribution in [0.4, 0.5) is 0 Å². The molecule has 1 aliphatic heterocycles. The third-order valence-corrected chi connectivity index (χ3v) is 7.86. The molecule has 1 amide bonds. The minimum absolute atomic E-state index is 0.0727. The molecule has 9 heteroatoms. The number of hydrogen-bond acceptors (Lipinski definition) is 7. The van der Waals surface area contributed by atoms with E-state index in [1.807, 2.05) is 23.6 Å². The summed E-state index contributed by atoms with van der Waals surface area (Å²) in [4.78, 5) is 14.5. The Kier molecular flexibility index (Phi) is 5.58. The van der Waals surface area contributed by atoms with Gasteiger partial charge in [-0.25, -0.2) is 5.01 Å². The van der Waals surface area contributed by atoms with Crippen molar-refractivity contribution >= 4 is 34.7 Å². The number of benzene rings is 1. The molecule has 1 saturated carbocycles. The molecule has 7 nitrogen and oxygen atoms in total. The molecule has 172 valence electrons. The van der Waals surface area contributed by atoms with Crippen molar-refractivity contribution < 1.29 is 9.21 Å². The first kappa shape index (κ1) is 21.4. The van der Waals surface area contributed by atoms with Crippen LogP contribution < -0.4 is 0 Å². The van der Waals surface area contributed by atoms with E-state index < -0.39 is 0 Å². The molecule has 0 bridgehead atoms. The van der Waals surface area contributed by atoms with Gasteiger partial charge in [0.25, 0.3) is 5.91 Å². The van der Waals surface area contributed by atoms with Gasteiger partial charge in [0.05, 0.1) is 22.6 Å². The van der Waals surface area contributed by atoms with E-state index in [0.29, 0.717) is 12.5 Å². The van der Waals surface area contributed by atoms with Gasteiger partial charge in [-0.1, -0.05) is 47.7 Å². The number of hydrazone groups is 1. The number of carbonyl (C=O) groups excluding carboxylic acids is 1. The van der Waals surface area contributed by atoms with Crippen LogP contribution in [0, 0.1) is 6.92 Å². The van der Waals surface area contributed by atoms with E-state index >= 15 is 0 Å². The Morgan fingerprint density at radius 1 is 1.15 bits per heavy atom. The second kappa shape index (κ2) is 8.88. The van der Waals surface area contributed by atoms with Gasteiger partial charge in [-0.2, -0.15) is 5.10 Å². The Hall–Kier alpha value is -3.17. The second-order valence-corrected chi connectivity index (χ2v) is 10.4. The maximum Gasteiger partial charge on any atom is 0.253 e. The summed E-state index contributed by atoms with van der Waals surface area (Å²) in [6, 6.07) is 16.2. The summed E-state index contributed by atoms with van der Waals surface area (Å²) in [5.41, 5.74) is 3.11. The average molecular weight is 490 g/mol. The van der Waals surface area contributed by atoms with Gasteiger partial charge in [-0.3, -0.25) is 9.36 Å². The monoisotopic (exact) mass is 489 g/mol. The number of carbonyl (C=O) groups is 1. The predicted molar refractivity (Wildman–Crippen MR) is 133 cm³/mol. The smallest absolute Gasteiger partial charge is 0.253 e. The van der Waals surface area contributed by atoms with Crippen molar-refractivity contribution in [1.29, 1.82) is 0 Å². The fraction of sp³-hybridized carbons (Fsp3) is 0.280. The fourth-order valence-electron chi connectivity index (χ4n) is 4.17. The quantitative estimate of drug-likeness (QED) is 0.311. The lowest BCUT2D eigenvalue weighted by atomic mass is 10.0. The van der Waals surface area contributed by atoms with Crippen molar-refractivity contribution in [3.63, 3.8) is 0 Å². The van der Waals surface area contributed by atoms with Gasteiger partial charge in [0.2, 0.25) is 0 Å². The Bertz CT molecular complexity index is 1320. The van der Waals surface area contributed by atoms with Crippen LogP contribution >= 0.6 is 23.1 Å². The molecule has 1 aliphatic carbocycles. The van der Waals surface area contributed by atoms with E-state index in [1.165, 1.54) is 17.3 Å². The first-order valence-electron chi connectivity index (χ1n) is 11.3. The molecule has 1 aromatic carbocycles. The van der Waals surface area contributed by atoms with Gasteiger partial charge < -0.3 is 4.42 Å². The number of aromatic nitrogens is 3. The van der Waals surface area contributed by atoms with E-state index in [-0.39, 0.29) is 17.7 Å². The highest BCUT2D eigenvalue weighted by atomic mass is 32.2. The van der Waals surface area contributed by atoms with Crippen molar-refractivity contribution in [2.24, 2.45) is 5.10 Å². The molecule has 1 atom stereocenters. The molecule has 0 unspecified atom stereocenters. The molecule has 1 fully saturated rings. The van der Waals surface area contributed by atoms with Gasteiger partial charge in [0, 0.05) is 12.5 Å². The highest BCUT2D eigenvalue weighted by molar-refractivity contribution is 7.99. The van der Waals surface area contributed by atoms with Crippen LogP contribution in [0.3, 0.4) is 0 Å². The summed E-state index contributed by atoms with van der Waals surface area (Å²) in [5.74, 6) is 1.79. The number of amides is 1. The number of furan rings is 1. The highest BCUT2D eigenvalue weighted by Crippen LogP contribution is 2.42. The molecule has 0 spiro atoms. The number of nitrogens with zero attached hydrogens (tertiary/aromatic N) is 5. The van der Waals surface area contributed by atoms with Crippen LogP contribution in [0.2, 0.25) is 0 Å². The standard InChI is InChI=1S/C25H23N5O2S2/c1-16-6-8-17(9-7-16)19-14-20(21-4-2-12-32-21)30(28-19)23(31)15-34-25-27-26-24(22-5-3-13-33-22)29(25)18-10-11-18/h2-9,12-13,18,20H,10-11,14-15H2,1H3/t20-/m1/s1. The molecule has 2 aliphatic rings. The Labute approximate surface area is 205 Å². The Morgan fingerprint density at radius 3 is 2.71 bits per heavy atom. The van der Waals surface area contributed by atoms with E-state index in [0.717, 1.165) is 45.7 Å². The summed E-state index contributed by atoms with van der Waals surface area (Å²) in [6.45, 7) is 2.06. The molecular weight excluding hydrogens is 466 g/mol. The van der Waals surface area contributed by atoms with Gasteiger partial charge in [-0.05, 0) is 48.9 Å². The Balaban J connectivity index is 1.24. The minimum Gasteiger partial charge on any atom is -0.467 e. The minimum atomic E-state index is -0.248. The number of thioether (sulfide) groups is 1. The van der Waals surface area contributed by atoms with Gasteiger partial charge in [-0.15, -0.1) is 21.5 Å². The molecule has 6 rings (SSSR count). The largest absolute Gasteiger partial charge is 0.467 e. The third kappa shape index (κ3) is 4.10. The van der Waals surface area contributed by atoms with Crippen molar-refractivity contribution in [3.8, 4) is 10.7 Å². The first-order valence-corrected chi connectivity index (χ1v) is 13.2. The zero-order valence-electron chi connectivity index (χ0n) is 18.6. The zero-order valence-corrected chi connectivity index (χ0v) is 20.3. The Morgan fingerprint density at radius 2 is 2.00 bits per heavy atom. The lowest BCUT2D eigenvalue weighted by molar-refractivity contribution is -0.130. The SMILES string of the molecule is Cc1ccc(C2=NN(C(=O)CSc3nnc(-c4cccs4)n3C3CC3)[C@@H](c3ccco3)C2)cc1. The normalized spacial score (nSPS) is 17.9. The lowest BCUT2D eigenvalue weighted by Gasteiger charge is -2.19. The predicted octanol–water partition coefficient (Wildman–Crippen LogP) is 5.71. The molecular formula is C25H23N5O2S2. The third-order valence-electron chi connectivity index (χ3n) is 6.07. The van der Waals surface area contributed by atoms with Crippen LogP contribution in [-0.2, 0) is 4.79 Å². The summed E-state index contributed by atoms with van der Waals surface area (Å²) in [5, 5.41) is 18.0.